The van der Waals surface area contributed by atoms with Gasteiger partial charge in [-0.1, -0.05) is 28.1 Å². The van der Waals surface area contributed by atoms with E-state index in [0.29, 0.717) is 18.2 Å². The monoisotopic (exact) mass is 361 g/mol. The SMILES string of the molecule is O=C(O)C1CCCCN1S(=O)(=O)c1cccc(CBr)c1. The number of carbonyl (C=O) groups is 1. The average molecular weight is 362 g/mol. The minimum absolute atomic E-state index is 0.155. The molecule has 1 aliphatic heterocycles. The molecule has 1 aromatic carbocycles. The van der Waals surface area contributed by atoms with Crippen LogP contribution in [-0.4, -0.2) is 36.4 Å². The summed E-state index contributed by atoms with van der Waals surface area (Å²) in [5.41, 5.74) is 0.843. The highest BCUT2D eigenvalue weighted by Crippen LogP contribution is 2.26. The standard InChI is InChI=1S/C13H16BrNO4S/c14-9-10-4-3-5-11(8-10)20(18,19)15-7-2-1-6-12(15)13(16)17/h3-5,8,12H,1-2,6-7,9H2,(H,16,17). The van der Waals surface area contributed by atoms with Crippen LogP contribution in [0.2, 0.25) is 0 Å². The highest BCUT2D eigenvalue weighted by Gasteiger charge is 2.37. The molecule has 1 heterocycles. The second-order valence-electron chi connectivity index (χ2n) is 4.75. The van der Waals surface area contributed by atoms with Crippen LogP contribution in [-0.2, 0) is 20.1 Å². The number of halogens is 1. The molecular formula is C13H16BrNO4S. The Kier molecular flexibility index (Phi) is 4.82. The molecule has 110 valence electrons. The second kappa shape index (κ2) is 6.24. The topological polar surface area (TPSA) is 74.7 Å². The first-order valence-electron chi connectivity index (χ1n) is 6.36. The molecule has 0 aromatic heterocycles. The van der Waals surface area contributed by atoms with Crippen LogP contribution in [0.25, 0.3) is 0 Å². The van der Waals surface area contributed by atoms with Gasteiger partial charge in [0.05, 0.1) is 4.90 Å². The highest BCUT2D eigenvalue weighted by atomic mass is 79.9. The largest absolute Gasteiger partial charge is 0.480 e. The third kappa shape index (κ3) is 3.05. The van der Waals surface area contributed by atoms with Crippen molar-refractivity contribution in [2.24, 2.45) is 0 Å². The van der Waals surface area contributed by atoms with Gasteiger partial charge in [0, 0.05) is 11.9 Å². The lowest BCUT2D eigenvalue weighted by molar-refractivity contribution is -0.142. The third-order valence-electron chi connectivity index (χ3n) is 3.40. The van der Waals surface area contributed by atoms with Gasteiger partial charge in [-0.2, -0.15) is 4.31 Å². The maximum absolute atomic E-state index is 12.6. The van der Waals surface area contributed by atoms with Crippen LogP contribution in [0.3, 0.4) is 0 Å². The Balaban J connectivity index is 2.39. The molecule has 1 aromatic rings. The molecule has 0 radical (unpaired) electrons. The average Bonchev–Trinajstić information content (AvgIpc) is 2.47. The number of aliphatic carboxylic acids is 1. The smallest absolute Gasteiger partial charge is 0.322 e. The van der Waals surface area contributed by atoms with Crippen molar-refractivity contribution in [3.8, 4) is 0 Å². The number of sulfonamides is 1. The fourth-order valence-corrected chi connectivity index (χ4v) is 4.43. The van der Waals surface area contributed by atoms with Gasteiger partial charge < -0.3 is 5.11 Å². The molecule has 0 aliphatic carbocycles. The van der Waals surface area contributed by atoms with Crippen molar-refractivity contribution in [3.05, 3.63) is 29.8 Å². The number of benzene rings is 1. The van der Waals surface area contributed by atoms with Crippen LogP contribution in [0, 0.1) is 0 Å². The molecule has 1 N–H and O–H groups in total. The Morgan fingerprint density at radius 1 is 1.40 bits per heavy atom. The van der Waals surface area contributed by atoms with Crippen LogP contribution >= 0.6 is 15.9 Å². The number of carboxylic acids is 1. The Morgan fingerprint density at radius 3 is 2.80 bits per heavy atom. The van der Waals surface area contributed by atoms with E-state index in [-0.39, 0.29) is 11.4 Å². The van der Waals surface area contributed by atoms with E-state index in [9.17, 15) is 18.3 Å². The molecule has 0 bridgehead atoms. The normalized spacial score (nSPS) is 20.8. The summed E-state index contributed by atoms with van der Waals surface area (Å²) in [5, 5.41) is 9.76. The summed E-state index contributed by atoms with van der Waals surface area (Å²) >= 11 is 3.29. The van der Waals surface area contributed by atoms with Crippen molar-refractivity contribution in [2.45, 2.75) is 35.5 Å². The third-order valence-corrected chi connectivity index (χ3v) is 5.95. The van der Waals surface area contributed by atoms with E-state index >= 15 is 0 Å². The quantitative estimate of drug-likeness (QED) is 0.834. The van der Waals surface area contributed by atoms with Crippen LogP contribution < -0.4 is 0 Å². The summed E-state index contributed by atoms with van der Waals surface area (Å²) in [6.07, 6.45) is 1.80. The van der Waals surface area contributed by atoms with Crippen LogP contribution in [0.4, 0.5) is 0 Å². The van der Waals surface area contributed by atoms with Crippen molar-refractivity contribution >= 4 is 31.9 Å². The zero-order chi connectivity index (χ0) is 14.8. The summed E-state index contributed by atoms with van der Waals surface area (Å²) in [6, 6.07) is 5.62. The van der Waals surface area contributed by atoms with Crippen molar-refractivity contribution < 1.29 is 18.3 Å². The first-order chi connectivity index (χ1) is 9.46. The van der Waals surface area contributed by atoms with Gasteiger partial charge in [-0.25, -0.2) is 8.42 Å². The molecule has 2 rings (SSSR count). The predicted octanol–water partition coefficient (Wildman–Crippen LogP) is 2.21. The Morgan fingerprint density at radius 2 is 2.15 bits per heavy atom. The maximum Gasteiger partial charge on any atom is 0.322 e. The molecule has 1 unspecified atom stereocenters. The van der Waals surface area contributed by atoms with E-state index in [1.165, 1.54) is 6.07 Å². The molecule has 5 nitrogen and oxygen atoms in total. The number of piperidine rings is 1. The number of rotatable bonds is 4. The minimum atomic E-state index is -3.76. The van der Waals surface area contributed by atoms with Crippen molar-refractivity contribution in [2.75, 3.05) is 6.54 Å². The first kappa shape index (κ1) is 15.5. The molecule has 0 saturated carbocycles. The summed E-state index contributed by atoms with van der Waals surface area (Å²) in [7, 11) is -3.76. The molecule has 20 heavy (non-hydrogen) atoms. The zero-order valence-electron chi connectivity index (χ0n) is 10.8. The molecular weight excluding hydrogens is 346 g/mol. The number of hydrogen-bond acceptors (Lipinski definition) is 3. The number of hydrogen-bond donors (Lipinski definition) is 1. The van der Waals surface area contributed by atoms with Crippen molar-refractivity contribution in [1.29, 1.82) is 0 Å². The van der Waals surface area contributed by atoms with Crippen LogP contribution in [0.15, 0.2) is 29.2 Å². The maximum atomic E-state index is 12.6. The van der Waals surface area contributed by atoms with E-state index in [4.69, 9.17) is 0 Å². The van der Waals surface area contributed by atoms with E-state index < -0.39 is 22.0 Å². The fourth-order valence-electron chi connectivity index (χ4n) is 2.36. The van der Waals surface area contributed by atoms with Gasteiger partial charge >= 0.3 is 5.97 Å². The molecule has 1 fully saturated rings. The van der Waals surface area contributed by atoms with Gasteiger partial charge in [0.2, 0.25) is 10.0 Å². The summed E-state index contributed by atoms with van der Waals surface area (Å²) in [4.78, 5) is 11.4. The molecule has 1 atom stereocenters. The molecule has 1 aliphatic rings. The van der Waals surface area contributed by atoms with E-state index in [0.717, 1.165) is 16.3 Å². The highest BCUT2D eigenvalue weighted by molar-refractivity contribution is 9.08. The van der Waals surface area contributed by atoms with Gasteiger partial charge in [-0.15, -0.1) is 0 Å². The fraction of sp³-hybridized carbons (Fsp3) is 0.462. The van der Waals surface area contributed by atoms with Crippen molar-refractivity contribution in [1.82, 2.24) is 4.31 Å². The predicted molar refractivity (Wildman–Crippen MR) is 78.2 cm³/mol. The Hall–Kier alpha value is -0.920. The van der Waals surface area contributed by atoms with Gasteiger partial charge in [-0.05, 0) is 37.0 Å². The van der Waals surface area contributed by atoms with Gasteiger partial charge in [-0.3, -0.25) is 4.79 Å². The molecule has 1 saturated heterocycles. The number of nitrogens with zero attached hydrogens (tertiary/aromatic N) is 1. The zero-order valence-corrected chi connectivity index (χ0v) is 13.2. The second-order valence-corrected chi connectivity index (χ2v) is 7.20. The van der Waals surface area contributed by atoms with Crippen LogP contribution in [0.1, 0.15) is 24.8 Å². The number of alkyl halides is 1. The van der Waals surface area contributed by atoms with Crippen molar-refractivity contribution in [3.63, 3.8) is 0 Å². The Bertz CT molecular complexity index is 602. The van der Waals surface area contributed by atoms with Gasteiger partial charge in [0.1, 0.15) is 6.04 Å². The molecule has 0 spiro atoms. The number of carboxylic acid groups (broad SMARTS) is 1. The van der Waals surface area contributed by atoms with Gasteiger partial charge in [0.25, 0.3) is 0 Å². The van der Waals surface area contributed by atoms with E-state index in [1.54, 1.807) is 12.1 Å². The summed E-state index contributed by atoms with van der Waals surface area (Å²) in [5.74, 6) is -1.08. The Labute approximate surface area is 126 Å². The molecule has 0 amide bonds. The lowest BCUT2D eigenvalue weighted by Gasteiger charge is -2.31. The lowest BCUT2D eigenvalue weighted by atomic mass is 10.1. The van der Waals surface area contributed by atoms with Gasteiger partial charge in [0.15, 0.2) is 0 Å². The summed E-state index contributed by atoms with van der Waals surface area (Å²) < 4.78 is 26.4. The van der Waals surface area contributed by atoms with E-state index in [2.05, 4.69) is 15.9 Å². The lowest BCUT2D eigenvalue weighted by Crippen LogP contribution is -2.47. The van der Waals surface area contributed by atoms with E-state index in [1.807, 2.05) is 6.07 Å². The molecule has 7 heteroatoms. The minimum Gasteiger partial charge on any atom is -0.480 e. The first-order valence-corrected chi connectivity index (χ1v) is 8.92. The van der Waals surface area contributed by atoms with Crippen LogP contribution in [0.5, 0.6) is 0 Å². The summed E-state index contributed by atoms with van der Waals surface area (Å²) in [6.45, 7) is 0.262.